The van der Waals surface area contributed by atoms with E-state index in [1.165, 1.54) is 11.3 Å². The fourth-order valence-electron chi connectivity index (χ4n) is 1.24. The highest BCUT2D eigenvalue weighted by molar-refractivity contribution is 9.10. The van der Waals surface area contributed by atoms with Crippen LogP contribution in [0.25, 0.3) is 0 Å². The minimum atomic E-state index is -1.10. The van der Waals surface area contributed by atoms with Crippen LogP contribution in [0.5, 0.6) is 0 Å². The molecule has 0 fully saturated rings. The molecule has 1 aromatic heterocycles. The average molecular weight is 302 g/mol. The van der Waals surface area contributed by atoms with Crippen LogP contribution >= 0.6 is 27.3 Å². The fourth-order valence-corrected chi connectivity index (χ4v) is 2.85. The average Bonchev–Trinajstić information content (AvgIpc) is 2.64. The van der Waals surface area contributed by atoms with Crippen molar-refractivity contribution < 1.29 is 9.53 Å². The number of carbonyl (C=O) groups excluding carboxylic acids is 1. The molecule has 0 bridgehead atoms. The molecule has 3 nitrogen and oxygen atoms in total. The Morgan fingerprint density at radius 2 is 2.44 bits per heavy atom. The third-order valence-corrected chi connectivity index (χ3v) is 3.82. The van der Waals surface area contributed by atoms with Crippen molar-refractivity contribution in [2.24, 2.45) is 5.41 Å². The Morgan fingerprint density at radius 3 is 2.88 bits per heavy atom. The third-order valence-electron chi connectivity index (χ3n) is 2.12. The van der Waals surface area contributed by atoms with Gasteiger partial charge in [0.15, 0.2) is 5.41 Å². The molecule has 16 heavy (non-hydrogen) atoms. The second-order valence-electron chi connectivity index (χ2n) is 3.57. The number of ether oxygens (including phenoxy) is 1. The predicted molar refractivity (Wildman–Crippen MR) is 66.1 cm³/mol. The van der Waals surface area contributed by atoms with Crippen LogP contribution in [0.3, 0.4) is 0 Å². The van der Waals surface area contributed by atoms with Gasteiger partial charge in [-0.3, -0.25) is 4.79 Å². The molecule has 1 heterocycles. The molecule has 5 heteroatoms. The van der Waals surface area contributed by atoms with Crippen LogP contribution in [0.2, 0.25) is 0 Å². The van der Waals surface area contributed by atoms with Crippen LogP contribution in [0.15, 0.2) is 15.9 Å². The van der Waals surface area contributed by atoms with Crippen LogP contribution in [-0.4, -0.2) is 12.6 Å². The highest BCUT2D eigenvalue weighted by Crippen LogP contribution is 2.29. The lowest BCUT2D eigenvalue weighted by Gasteiger charge is -2.18. The molecule has 86 valence electrons. The first-order valence-corrected chi connectivity index (χ1v) is 6.50. The lowest BCUT2D eigenvalue weighted by molar-refractivity contribution is -0.151. The summed E-state index contributed by atoms with van der Waals surface area (Å²) in [6.45, 7) is 3.64. The standard InChI is InChI=1S/C11H12BrNO2S/c1-3-15-10(14)11(2,7-13)5-9-4-8(12)6-16-9/h4,6H,3,5H2,1-2H3. The van der Waals surface area contributed by atoms with Crippen LogP contribution in [0.4, 0.5) is 0 Å². The molecule has 0 aliphatic rings. The summed E-state index contributed by atoms with van der Waals surface area (Å²) in [7, 11) is 0. The second-order valence-corrected chi connectivity index (χ2v) is 5.48. The Labute approximate surface area is 107 Å². The molecule has 0 aromatic carbocycles. The summed E-state index contributed by atoms with van der Waals surface area (Å²) in [5.41, 5.74) is -1.10. The zero-order valence-corrected chi connectivity index (χ0v) is 11.5. The van der Waals surface area contributed by atoms with Gasteiger partial charge in [0, 0.05) is 21.2 Å². The Morgan fingerprint density at radius 1 is 1.75 bits per heavy atom. The van der Waals surface area contributed by atoms with Gasteiger partial charge in [-0.25, -0.2) is 0 Å². The van der Waals surface area contributed by atoms with Gasteiger partial charge in [-0.05, 0) is 35.8 Å². The zero-order valence-electron chi connectivity index (χ0n) is 9.12. The molecule has 0 saturated heterocycles. The molecule has 0 radical (unpaired) electrons. The first-order chi connectivity index (χ1) is 7.51. The van der Waals surface area contributed by atoms with Gasteiger partial charge < -0.3 is 4.74 Å². The summed E-state index contributed by atoms with van der Waals surface area (Å²) in [5.74, 6) is -0.456. The smallest absolute Gasteiger partial charge is 0.326 e. The quantitative estimate of drug-likeness (QED) is 0.803. The van der Waals surface area contributed by atoms with Crippen molar-refractivity contribution in [3.63, 3.8) is 0 Å². The minimum Gasteiger partial charge on any atom is -0.465 e. The number of rotatable bonds is 4. The normalized spacial score (nSPS) is 13.9. The van der Waals surface area contributed by atoms with Crippen molar-refractivity contribution in [2.45, 2.75) is 20.3 Å². The molecule has 0 saturated carbocycles. The summed E-state index contributed by atoms with van der Waals surface area (Å²) in [5, 5.41) is 11.0. The van der Waals surface area contributed by atoms with Gasteiger partial charge in [0.05, 0.1) is 12.7 Å². The lowest BCUT2D eigenvalue weighted by Crippen LogP contribution is -2.30. The van der Waals surface area contributed by atoms with Crippen LogP contribution in [0.1, 0.15) is 18.7 Å². The number of nitriles is 1. The monoisotopic (exact) mass is 301 g/mol. The highest BCUT2D eigenvalue weighted by Gasteiger charge is 2.35. The molecule has 0 spiro atoms. The van der Waals surface area contributed by atoms with E-state index in [1.807, 2.05) is 17.5 Å². The first-order valence-electron chi connectivity index (χ1n) is 4.83. The fraction of sp³-hybridized carbons (Fsp3) is 0.455. The van der Waals surface area contributed by atoms with Crippen LogP contribution in [0, 0.1) is 16.7 Å². The molecule has 1 atom stereocenters. The Kier molecular flexibility index (Phi) is 4.51. The van der Waals surface area contributed by atoms with Gasteiger partial charge in [0.2, 0.25) is 0 Å². The molecule has 0 aliphatic heterocycles. The maximum Gasteiger partial charge on any atom is 0.326 e. The van der Waals surface area contributed by atoms with E-state index in [-0.39, 0.29) is 0 Å². The molecule has 1 unspecified atom stereocenters. The van der Waals surface area contributed by atoms with E-state index < -0.39 is 11.4 Å². The van der Waals surface area contributed by atoms with Crippen LogP contribution < -0.4 is 0 Å². The van der Waals surface area contributed by atoms with Crippen molar-refractivity contribution in [1.82, 2.24) is 0 Å². The third kappa shape index (κ3) is 3.06. The molecule has 1 aromatic rings. The summed E-state index contributed by atoms with van der Waals surface area (Å²) in [6, 6.07) is 3.95. The maximum absolute atomic E-state index is 11.7. The molecule has 0 amide bonds. The van der Waals surface area contributed by atoms with Crippen molar-refractivity contribution in [2.75, 3.05) is 6.61 Å². The molecule has 0 N–H and O–H groups in total. The van der Waals surface area contributed by atoms with Gasteiger partial charge in [0.1, 0.15) is 0 Å². The van der Waals surface area contributed by atoms with E-state index in [0.717, 1.165) is 9.35 Å². The van der Waals surface area contributed by atoms with Gasteiger partial charge in [0.25, 0.3) is 0 Å². The van der Waals surface area contributed by atoms with E-state index in [0.29, 0.717) is 13.0 Å². The van der Waals surface area contributed by atoms with E-state index in [2.05, 4.69) is 15.9 Å². The predicted octanol–water partition coefficient (Wildman–Crippen LogP) is 3.15. The topological polar surface area (TPSA) is 50.1 Å². The summed E-state index contributed by atoms with van der Waals surface area (Å²) in [6.07, 6.45) is 0.387. The largest absolute Gasteiger partial charge is 0.465 e. The van der Waals surface area contributed by atoms with E-state index in [4.69, 9.17) is 10.00 Å². The molecular weight excluding hydrogens is 290 g/mol. The number of hydrogen-bond donors (Lipinski definition) is 0. The van der Waals surface area contributed by atoms with E-state index in [9.17, 15) is 4.79 Å². The second kappa shape index (κ2) is 5.46. The minimum absolute atomic E-state index is 0.296. The summed E-state index contributed by atoms with van der Waals surface area (Å²) < 4.78 is 5.88. The van der Waals surface area contributed by atoms with Crippen molar-refractivity contribution >= 4 is 33.2 Å². The van der Waals surface area contributed by atoms with Crippen molar-refractivity contribution in [3.8, 4) is 6.07 Å². The Balaban J connectivity index is 2.82. The highest BCUT2D eigenvalue weighted by atomic mass is 79.9. The lowest BCUT2D eigenvalue weighted by atomic mass is 9.88. The van der Waals surface area contributed by atoms with Gasteiger partial charge >= 0.3 is 5.97 Å². The molecule has 0 aliphatic carbocycles. The van der Waals surface area contributed by atoms with Gasteiger partial charge in [-0.15, -0.1) is 11.3 Å². The first kappa shape index (κ1) is 13.2. The molecular formula is C11H12BrNO2S. The number of carbonyl (C=O) groups is 1. The van der Waals surface area contributed by atoms with E-state index in [1.54, 1.807) is 13.8 Å². The van der Waals surface area contributed by atoms with Crippen molar-refractivity contribution in [1.29, 1.82) is 5.26 Å². The van der Waals surface area contributed by atoms with E-state index >= 15 is 0 Å². The zero-order chi connectivity index (χ0) is 12.2. The number of halogens is 1. The number of thiophene rings is 1. The summed E-state index contributed by atoms with van der Waals surface area (Å²) in [4.78, 5) is 12.6. The summed E-state index contributed by atoms with van der Waals surface area (Å²) >= 11 is 4.86. The maximum atomic E-state index is 11.7. The Hall–Kier alpha value is -0.860. The number of nitrogens with zero attached hydrogens (tertiary/aromatic N) is 1. The van der Waals surface area contributed by atoms with Crippen molar-refractivity contribution in [3.05, 3.63) is 20.8 Å². The SMILES string of the molecule is CCOC(=O)C(C)(C#N)Cc1cc(Br)cs1. The van der Waals surface area contributed by atoms with Crippen LogP contribution in [-0.2, 0) is 16.0 Å². The molecule has 1 rings (SSSR count). The number of hydrogen-bond acceptors (Lipinski definition) is 4. The Bertz CT molecular complexity index is 424. The van der Waals surface area contributed by atoms with Gasteiger partial charge in [-0.1, -0.05) is 0 Å². The number of esters is 1. The van der Waals surface area contributed by atoms with Gasteiger partial charge in [-0.2, -0.15) is 5.26 Å².